The maximum Gasteiger partial charge on any atom is 0.285 e. The molecule has 0 aliphatic rings. The minimum atomic E-state index is 0. The summed E-state index contributed by atoms with van der Waals surface area (Å²) in [6, 6.07) is 30.4. The van der Waals surface area contributed by atoms with Gasteiger partial charge in [-0.2, -0.15) is 0 Å². The monoisotopic (exact) mass is 418 g/mol. The standard InChI is InChI=1S/C25H22N2O2.ClH/c1-28-21-14-10-19(11-15-21)26-25(27-20-12-16-22(29-2)17-13-20)24-9-5-7-18-6-3-4-8-23(18)24;/h3-17H,1-2H3,(H,26,27);1H. The van der Waals surface area contributed by atoms with Crippen LogP contribution < -0.4 is 32.2 Å². The summed E-state index contributed by atoms with van der Waals surface area (Å²) in [5.74, 6) is 2.55. The summed E-state index contributed by atoms with van der Waals surface area (Å²) in [6.07, 6.45) is 0. The predicted molar refractivity (Wildman–Crippen MR) is 118 cm³/mol. The lowest BCUT2D eigenvalue weighted by Gasteiger charge is -2.08. The van der Waals surface area contributed by atoms with E-state index in [1.165, 1.54) is 10.8 Å². The Labute approximate surface area is 182 Å². The molecular formula is C25H23ClN2O2. The molecule has 2 N–H and O–H groups in total. The van der Waals surface area contributed by atoms with E-state index in [1.807, 2.05) is 48.5 Å². The summed E-state index contributed by atoms with van der Waals surface area (Å²) in [5, 5.41) is 5.90. The van der Waals surface area contributed by atoms with Crippen molar-refractivity contribution in [2.24, 2.45) is 0 Å². The van der Waals surface area contributed by atoms with Crippen LogP contribution in [-0.4, -0.2) is 20.1 Å². The van der Waals surface area contributed by atoms with Gasteiger partial charge < -0.3 is 21.9 Å². The van der Waals surface area contributed by atoms with Crippen LogP contribution in [0.5, 0.6) is 11.5 Å². The van der Waals surface area contributed by atoms with Crippen molar-refractivity contribution >= 4 is 28.0 Å². The van der Waals surface area contributed by atoms with Crippen LogP contribution in [0.25, 0.3) is 10.8 Å². The zero-order valence-electron chi connectivity index (χ0n) is 16.9. The number of nitrogens with one attached hydrogen (secondary N) is 2. The molecule has 4 nitrogen and oxygen atoms in total. The molecule has 0 saturated carbocycles. The molecule has 0 aliphatic heterocycles. The van der Waals surface area contributed by atoms with Crippen molar-refractivity contribution in [2.75, 3.05) is 19.5 Å². The average molecular weight is 419 g/mol. The second-order valence-corrected chi connectivity index (χ2v) is 6.61. The van der Waals surface area contributed by atoms with Crippen LogP contribution in [0.2, 0.25) is 0 Å². The highest BCUT2D eigenvalue weighted by Gasteiger charge is 2.15. The van der Waals surface area contributed by atoms with Crippen LogP contribution in [0.4, 0.5) is 11.4 Å². The lowest BCUT2D eigenvalue weighted by Crippen LogP contribution is -3.00. The van der Waals surface area contributed by atoms with Crippen molar-refractivity contribution in [3.63, 3.8) is 0 Å². The van der Waals surface area contributed by atoms with E-state index < -0.39 is 0 Å². The molecular weight excluding hydrogens is 396 g/mol. The Morgan fingerprint density at radius 3 is 1.97 bits per heavy atom. The van der Waals surface area contributed by atoms with E-state index in [0.29, 0.717) is 0 Å². The number of hydrogen-bond donors (Lipinski definition) is 2. The van der Waals surface area contributed by atoms with Gasteiger partial charge in [-0.25, -0.2) is 10.3 Å². The number of halogens is 1. The van der Waals surface area contributed by atoms with Gasteiger partial charge in [0.1, 0.15) is 22.9 Å². The molecule has 4 aromatic rings. The van der Waals surface area contributed by atoms with Crippen molar-refractivity contribution in [1.29, 1.82) is 0 Å². The highest BCUT2D eigenvalue weighted by Crippen LogP contribution is 2.21. The number of amidine groups is 1. The third kappa shape index (κ3) is 4.73. The van der Waals surface area contributed by atoms with Gasteiger partial charge >= 0.3 is 0 Å². The van der Waals surface area contributed by atoms with Crippen molar-refractivity contribution in [3.05, 3.63) is 96.6 Å². The lowest BCUT2D eigenvalue weighted by atomic mass is 10.0. The van der Waals surface area contributed by atoms with Gasteiger partial charge in [0.05, 0.1) is 19.8 Å². The second kappa shape index (κ2) is 9.81. The van der Waals surface area contributed by atoms with Gasteiger partial charge in [0.15, 0.2) is 0 Å². The molecule has 0 saturated heterocycles. The number of benzene rings is 4. The van der Waals surface area contributed by atoms with E-state index in [-0.39, 0.29) is 12.4 Å². The molecule has 5 heteroatoms. The first-order valence-electron chi connectivity index (χ1n) is 9.44. The van der Waals surface area contributed by atoms with Gasteiger partial charge in [-0.15, -0.1) is 0 Å². The molecule has 30 heavy (non-hydrogen) atoms. The lowest BCUT2D eigenvalue weighted by molar-refractivity contribution is -0.352. The van der Waals surface area contributed by atoms with Crippen LogP contribution in [0.1, 0.15) is 5.56 Å². The van der Waals surface area contributed by atoms with Crippen molar-refractivity contribution in [1.82, 2.24) is 0 Å². The topological polar surface area (TPSA) is 44.5 Å². The first-order valence-corrected chi connectivity index (χ1v) is 9.44. The molecule has 0 unspecified atom stereocenters. The van der Waals surface area contributed by atoms with E-state index in [9.17, 15) is 0 Å². The number of hydrogen-bond acceptors (Lipinski definition) is 2. The zero-order chi connectivity index (χ0) is 20.1. The van der Waals surface area contributed by atoms with E-state index in [0.717, 1.165) is 34.3 Å². The summed E-state index contributed by atoms with van der Waals surface area (Å²) in [4.78, 5) is 3.53. The molecule has 0 aromatic heterocycles. The van der Waals surface area contributed by atoms with Crippen molar-refractivity contribution < 1.29 is 26.9 Å². The SMILES string of the molecule is COc1ccc(NC(=[NH+]c2ccc(OC)cc2)c2cccc3ccccc23)cc1.[Cl-]. The summed E-state index contributed by atoms with van der Waals surface area (Å²) >= 11 is 0. The summed E-state index contributed by atoms with van der Waals surface area (Å²) in [5.41, 5.74) is 3.03. The second-order valence-electron chi connectivity index (χ2n) is 6.61. The molecule has 0 amide bonds. The molecule has 0 heterocycles. The van der Waals surface area contributed by atoms with Crippen molar-refractivity contribution in [2.45, 2.75) is 0 Å². The van der Waals surface area contributed by atoms with Crippen molar-refractivity contribution in [3.8, 4) is 11.5 Å². The number of ether oxygens (including phenoxy) is 2. The maximum atomic E-state index is 5.27. The van der Waals surface area contributed by atoms with Gasteiger partial charge in [0.25, 0.3) is 5.84 Å². The van der Waals surface area contributed by atoms with Gasteiger partial charge in [-0.3, -0.25) is 0 Å². The average Bonchev–Trinajstić information content (AvgIpc) is 2.79. The Morgan fingerprint density at radius 2 is 1.30 bits per heavy atom. The largest absolute Gasteiger partial charge is 1.00 e. The molecule has 0 radical (unpaired) electrons. The third-order valence-corrected chi connectivity index (χ3v) is 4.78. The predicted octanol–water partition coefficient (Wildman–Crippen LogP) is 1.13. The fraction of sp³-hybridized carbons (Fsp3) is 0.0800. The number of fused-ring (bicyclic) bond motifs is 1. The maximum absolute atomic E-state index is 5.27. The molecule has 0 aliphatic carbocycles. The molecule has 4 rings (SSSR count). The van der Waals surface area contributed by atoms with E-state index in [4.69, 9.17) is 9.47 Å². The Hall–Kier alpha value is -3.50. The minimum absolute atomic E-state index is 0. The normalized spacial score (nSPS) is 10.9. The zero-order valence-corrected chi connectivity index (χ0v) is 17.6. The van der Waals surface area contributed by atoms with Crippen LogP contribution in [0, 0.1) is 0 Å². The summed E-state index contributed by atoms with van der Waals surface area (Å²) < 4.78 is 10.5. The molecule has 0 atom stereocenters. The Kier molecular flexibility index (Phi) is 6.94. The first kappa shape index (κ1) is 21.2. The van der Waals surface area contributed by atoms with Gasteiger partial charge in [0.2, 0.25) is 0 Å². The molecule has 0 bridgehead atoms. The fourth-order valence-electron chi connectivity index (χ4n) is 3.25. The molecule has 0 fully saturated rings. The summed E-state index contributed by atoms with van der Waals surface area (Å²) in [6.45, 7) is 0. The smallest absolute Gasteiger partial charge is 0.285 e. The first-order chi connectivity index (χ1) is 14.3. The van der Waals surface area contributed by atoms with Crippen LogP contribution in [-0.2, 0) is 0 Å². The third-order valence-electron chi connectivity index (χ3n) is 4.78. The van der Waals surface area contributed by atoms with Crippen LogP contribution >= 0.6 is 0 Å². The number of anilines is 1. The summed E-state index contributed by atoms with van der Waals surface area (Å²) in [7, 11) is 3.34. The minimum Gasteiger partial charge on any atom is -1.00 e. The highest BCUT2D eigenvalue weighted by molar-refractivity contribution is 6.13. The van der Waals surface area contributed by atoms with E-state index >= 15 is 0 Å². The number of rotatable bonds is 5. The quantitative estimate of drug-likeness (QED) is 0.377. The molecule has 152 valence electrons. The molecule has 0 spiro atoms. The van der Waals surface area contributed by atoms with E-state index in [2.05, 4.69) is 52.8 Å². The van der Waals surface area contributed by atoms with Gasteiger partial charge in [-0.1, -0.05) is 36.4 Å². The van der Waals surface area contributed by atoms with Crippen LogP contribution in [0.15, 0.2) is 91.0 Å². The van der Waals surface area contributed by atoms with Gasteiger partial charge in [-0.05, 0) is 65.4 Å². The van der Waals surface area contributed by atoms with Gasteiger partial charge in [0, 0.05) is 0 Å². The highest BCUT2D eigenvalue weighted by atomic mass is 35.5. The Bertz CT molecular complexity index is 1130. The van der Waals surface area contributed by atoms with E-state index in [1.54, 1.807) is 14.2 Å². The molecule has 4 aromatic carbocycles. The Balaban J connectivity index is 0.00000256. The number of methoxy groups -OCH3 is 2. The van der Waals surface area contributed by atoms with Crippen LogP contribution in [0.3, 0.4) is 0 Å². The Morgan fingerprint density at radius 1 is 0.700 bits per heavy atom. The fourth-order valence-corrected chi connectivity index (χ4v) is 3.25.